The fraction of sp³-hybridized carbons (Fsp3) is 0.385. The van der Waals surface area contributed by atoms with Crippen LogP contribution >= 0.6 is 0 Å². The van der Waals surface area contributed by atoms with Crippen LogP contribution in [-0.4, -0.2) is 82.1 Å². The number of rotatable bonds is 11. The Morgan fingerprint density at radius 1 is 1.12 bits per heavy atom. The van der Waals surface area contributed by atoms with Crippen LogP contribution in [0.25, 0.3) is 11.0 Å². The second-order valence-electron chi connectivity index (χ2n) is 9.48. The molecule has 0 saturated carbocycles. The Balaban J connectivity index is 1.21. The molecule has 3 aromatic rings. The molecular weight excluding hydrogens is 556 g/mol. The summed E-state index contributed by atoms with van der Waals surface area (Å²) in [4.78, 5) is 52.3. The molecule has 2 aromatic heterocycles. The standard InChI is InChI=1S/C26H30N6O10/c1-2-7-31-19-15(10-17(27)29-23(19)35)32(26(31)37)24-21-20(16(11-33)40-24)41-18(42-21)12-38-8-9-39-25(36)14-5-3-13(4-6-14)22(34)30-28/h2-6,10,16,18,20-21,24,33H,1,7-9,11-12,28H2,(H,30,34)(H3,27,29,35)/t16-,18?,20-,21-,24-/m1/s1. The summed E-state index contributed by atoms with van der Waals surface area (Å²) in [5.41, 5.74) is 7.61. The number of nitrogens with zero attached hydrogens (tertiary/aromatic N) is 2. The van der Waals surface area contributed by atoms with Gasteiger partial charge in [-0.3, -0.25) is 24.1 Å². The lowest BCUT2D eigenvalue weighted by atomic mass is 10.1. The van der Waals surface area contributed by atoms with E-state index < -0.39 is 60.6 Å². The smallest absolute Gasteiger partial charge is 0.338 e. The van der Waals surface area contributed by atoms with Crippen molar-refractivity contribution in [1.82, 2.24) is 19.5 Å². The predicted octanol–water partition coefficient (Wildman–Crippen LogP) is -1.26. The van der Waals surface area contributed by atoms with E-state index in [2.05, 4.69) is 11.6 Å². The van der Waals surface area contributed by atoms with Crippen molar-refractivity contribution in [3.8, 4) is 0 Å². The summed E-state index contributed by atoms with van der Waals surface area (Å²) >= 11 is 0. The molecular formula is C26H30N6O10. The van der Waals surface area contributed by atoms with Gasteiger partial charge in [0.1, 0.15) is 36.3 Å². The molecule has 2 aliphatic rings. The third-order valence-corrected chi connectivity index (χ3v) is 6.85. The molecule has 16 nitrogen and oxygen atoms in total. The van der Waals surface area contributed by atoms with Gasteiger partial charge in [-0.2, -0.15) is 0 Å². The van der Waals surface area contributed by atoms with Gasteiger partial charge in [0, 0.05) is 18.2 Å². The Labute approximate surface area is 237 Å². The number of carbonyl (C=O) groups is 2. The fourth-order valence-electron chi connectivity index (χ4n) is 5.01. The Hall–Kier alpha value is -4.32. The average molecular weight is 587 g/mol. The predicted molar refractivity (Wildman–Crippen MR) is 145 cm³/mol. The molecule has 2 saturated heterocycles. The number of esters is 1. The van der Waals surface area contributed by atoms with Gasteiger partial charge in [0.15, 0.2) is 12.5 Å². The van der Waals surface area contributed by atoms with Crippen molar-refractivity contribution in [1.29, 1.82) is 0 Å². The number of hydrogen-bond acceptors (Lipinski definition) is 12. The normalized spacial score (nSPS) is 23.1. The van der Waals surface area contributed by atoms with E-state index in [1.807, 2.05) is 5.43 Å². The summed E-state index contributed by atoms with van der Waals surface area (Å²) < 4.78 is 31.1. The van der Waals surface area contributed by atoms with E-state index in [0.717, 1.165) is 0 Å². The second-order valence-corrected chi connectivity index (χ2v) is 9.48. The van der Waals surface area contributed by atoms with Crippen molar-refractivity contribution in [2.24, 2.45) is 5.84 Å². The van der Waals surface area contributed by atoms with Gasteiger partial charge in [-0.05, 0) is 24.3 Å². The van der Waals surface area contributed by atoms with Gasteiger partial charge in [0.2, 0.25) is 0 Å². The molecule has 1 aromatic carbocycles. The third kappa shape index (κ3) is 5.46. The maximum Gasteiger partial charge on any atom is 0.338 e. The number of allylic oxidation sites excluding steroid dienone is 1. The summed E-state index contributed by atoms with van der Waals surface area (Å²) in [5, 5.41) is 9.92. The first-order valence-corrected chi connectivity index (χ1v) is 12.9. The van der Waals surface area contributed by atoms with Crippen LogP contribution in [0.15, 0.2) is 52.6 Å². The molecule has 1 amide bonds. The van der Waals surface area contributed by atoms with Crippen LogP contribution in [0, 0.1) is 0 Å². The Kier molecular flexibility index (Phi) is 8.53. The minimum absolute atomic E-state index is 0.0257. The molecule has 42 heavy (non-hydrogen) atoms. The number of nitrogen functional groups attached to an aromatic ring is 2. The van der Waals surface area contributed by atoms with Gasteiger partial charge in [-0.1, -0.05) is 6.08 Å². The van der Waals surface area contributed by atoms with Crippen molar-refractivity contribution in [2.45, 2.75) is 37.4 Å². The van der Waals surface area contributed by atoms with Crippen molar-refractivity contribution in [2.75, 3.05) is 32.2 Å². The third-order valence-electron chi connectivity index (χ3n) is 6.85. The van der Waals surface area contributed by atoms with E-state index in [1.54, 1.807) is 0 Å². The Morgan fingerprint density at radius 2 is 1.83 bits per heavy atom. The van der Waals surface area contributed by atoms with E-state index in [4.69, 9.17) is 35.3 Å². The molecule has 1 unspecified atom stereocenters. The molecule has 0 spiro atoms. The van der Waals surface area contributed by atoms with Crippen LogP contribution < -0.4 is 28.3 Å². The number of hydrogen-bond donors (Lipinski definition) is 5. The molecule has 5 atom stereocenters. The molecule has 0 aliphatic carbocycles. The van der Waals surface area contributed by atoms with E-state index in [0.29, 0.717) is 5.56 Å². The number of pyridine rings is 1. The number of benzene rings is 1. The maximum atomic E-state index is 13.4. The topological polar surface area (TPSA) is 224 Å². The number of hydrazine groups is 1. The molecule has 16 heteroatoms. The van der Waals surface area contributed by atoms with Gasteiger partial charge in [0.05, 0.1) is 30.9 Å². The van der Waals surface area contributed by atoms with Gasteiger partial charge < -0.3 is 39.5 Å². The minimum Gasteiger partial charge on any atom is -0.460 e. The van der Waals surface area contributed by atoms with Gasteiger partial charge in [0.25, 0.3) is 11.5 Å². The lowest BCUT2D eigenvalue weighted by Crippen LogP contribution is -2.34. The number of fused-ring (bicyclic) bond motifs is 2. The van der Waals surface area contributed by atoms with Crippen LogP contribution in [0.4, 0.5) is 5.82 Å². The lowest BCUT2D eigenvalue weighted by molar-refractivity contribution is -0.171. The lowest BCUT2D eigenvalue weighted by Gasteiger charge is -2.20. The van der Waals surface area contributed by atoms with Crippen LogP contribution in [0.1, 0.15) is 26.9 Å². The maximum absolute atomic E-state index is 13.4. The highest BCUT2D eigenvalue weighted by molar-refractivity contribution is 5.95. The first kappa shape index (κ1) is 29.2. The number of nitrogens with one attached hydrogen (secondary N) is 2. The summed E-state index contributed by atoms with van der Waals surface area (Å²) in [6.07, 6.45) is -2.81. The molecule has 2 aliphatic heterocycles. The van der Waals surface area contributed by atoms with E-state index in [1.165, 1.54) is 45.5 Å². The number of ether oxygens (including phenoxy) is 5. The number of carbonyl (C=O) groups excluding carboxylic acids is 2. The van der Waals surface area contributed by atoms with Crippen LogP contribution in [-0.2, 0) is 30.2 Å². The first-order chi connectivity index (χ1) is 20.3. The second kappa shape index (κ2) is 12.3. The zero-order chi connectivity index (χ0) is 30.0. The fourth-order valence-corrected chi connectivity index (χ4v) is 5.01. The number of aliphatic hydroxyl groups is 1. The zero-order valence-corrected chi connectivity index (χ0v) is 22.3. The van der Waals surface area contributed by atoms with E-state index >= 15 is 0 Å². The molecule has 0 radical (unpaired) electrons. The highest BCUT2D eigenvalue weighted by Crippen LogP contribution is 2.40. The monoisotopic (exact) mass is 586 g/mol. The van der Waals surface area contributed by atoms with Crippen LogP contribution in [0.5, 0.6) is 0 Å². The van der Waals surface area contributed by atoms with Gasteiger partial charge in [-0.25, -0.2) is 15.4 Å². The number of H-pyrrole nitrogens is 1. The minimum atomic E-state index is -1.04. The van der Waals surface area contributed by atoms with Crippen molar-refractivity contribution < 1.29 is 38.4 Å². The number of anilines is 1. The molecule has 224 valence electrons. The number of amides is 1. The average Bonchev–Trinajstić information content (AvgIpc) is 3.62. The van der Waals surface area contributed by atoms with Gasteiger partial charge in [-0.15, -0.1) is 6.58 Å². The number of aromatic nitrogens is 3. The quantitative estimate of drug-likeness (QED) is 0.0443. The SMILES string of the molecule is C=CCn1c(=O)n([C@@H]2O[C@H](CO)[C@H]3OC(COCCOC(=O)c4ccc(C(=O)NN)cc4)O[C@H]32)c2cc(N)[nH]c(=O)c21. The Bertz CT molecular complexity index is 1600. The highest BCUT2D eigenvalue weighted by atomic mass is 16.8. The van der Waals surface area contributed by atoms with E-state index in [-0.39, 0.29) is 48.8 Å². The van der Waals surface area contributed by atoms with Crippen molar-refractivity contribution in [3.05, 3.63) is 75.0 Å². The number of imidazole rings is 1. The summed E-state index contributed by atoms with van der Waals surface area (Å²) in [6, 6.07) is 7.21. The molecule has 2 fully saturated rings. The van der Waals surface area contributed by atoms with Crippen molar-refractivity contribution >= 4 is 28.7 Å². The summed E-state index contributed by atoms with van der Waals surface area (Å²) in [5.74, 6) is 4.05. The number of aliphatic hydroxyl groups excluding tert-OH is 1. The summed E-state index contributed by atoms with van der Waals surface area (Å²) in [7, 11) is 0. The van der Waals surface area contributed by atoms with E-state index in [9.17, 15) is 24.3 Å². The molecule has 5 rings (SSSR count). The molecule has 0 bridgehead atoms. The zero-order valence-electron chi connectivity index (χ0n) is 22.3. The molecule has 7 N–H and O–H groups in total. The number of aromatic amines is 1. The Morgan fingerprint density at radius 3 is 2.52 bits per heavy atom. The number of nitrogens with two attached hydrogens (primary N) is 2. The molecule has 4 heterocycles. The van der Waals surface area contributed by atoms with Crippen LogP contribution in [0.3, 0.4) is 0 Å². The van der Waals surface area contributed by atoms with Gasteiger partial charge >= 0.3 is 11.7 Å². The van der Waals surface area contributed by atoms with Crippen LogP contribution in [0.2, 0.25) is 0 Å². The highest BCUT2D eigenvalue weighted by Gasteiger charge is 2.54. The largest absolute Gasteiger partial charge is 0.460 e. The first-order valence-electron chi connectivity index (χ1n) is 12.9. The van der Waals surface area contributed by atoms with Crippen molar-refractivity contribution in [3.63, 3.8) is 0 Å². The summed E-state index contributed by atoms with van der Waals surface area (Å²) in [6.45, 7) is 3.22.